The minimum atomic E-state index is -1.34. The van der Waals surface area contributed by atoms with Crippen LogP contribution in [0.4, 0.5) is 4.39 Å². The Morgan fingerprint density at radius 2 is 1.94 bits per heavy atom. The zero-order valence-electron chi connectivity index (χ0n) is 27.5. The van der Waals surface area contributed by atoms with Gasteiger partial charge in [-0.2, -0.15) is 0 Å². The van der Waals surface area contributed by atoms with Crippen molar-refractivity contribution in [3.63, 3.8) is 0 Å². The second-order valence-electron chi connectivity index (χ2n) is 13.3. The largest absolute Gasteiger partial charge is 0.493 e. The summed E-state index contributed by atoms with van der Waals surface area (Å²) in [5, 5.41) is 34.0. The summed E-state index contributed by atoms with van der Waals surface area (Å²) >= 11 is 0. The van der Waals surface area contributed by atoms with E-state index in [2.05, 4.69) is 26.1 Å². The van der Waals surface area contributed by atoms with Crippen LogP contribution in [0.25, 0.3) is 0 Å². The molecule has 1 heterocycles. The third-order valence-corrected chi connectivity index (χ3v) is 9.86. The Hall–Kier alpha value is -3.51. The van der Waals surface area contributed by atoms with Crippen LogP contribution in [-0.4, -0.2) is 83.3 Å². The number of hydrogen-bond donors (Lipinski definition) is 4. The monoisotopic (exact) mass is 654 g/mol. The molecule has 1 fully saturated rings. The van der Waals surface area contributed by atoms with Crippen molar-refractivity contribution in [1.29, 1.82) is 0 Å². The van der Waals surface area contributed by atoms with Gasteiger partial charge in [0.25, 0.3) is 0 Å². The van der Waals surface area contributed by atoms with E-state index in [0.29, 0.717) is 40.4 Å². The molecule has 0 aromatic heterocycles. The van der Waals surface area contributed by atoms with E-state index in [1.54, 1.807) is 30.3 Å². The van der Waals surface area contributed by atoms with Gasteiger partial charge in [0.15, 0.2) is 11.5 Å². The molecule has 0 radical (unpaired) electrons. The maximum absolute atomic E-state index is 15.0. The molecule has 5 rings (SSSR count). The number of methoxy groups -OCH3 is 1. The van der Waals surface area contributed by atoms with Crippen molar-refractivity contribution < 1.29 is 43.5 Å². The summed E-state index contributed by atoms with van der Waals surface area (Å²) in [6.07, 6.45) is 2.01. The fourth-order valence-corrected chi connectivity index (χ4v) is 7.36. The third-order valence-electron chi connectivity index (χ3n) is 9.86. The molecular weight excluding hydrogens is 607 g/mol. The van der Waals surface area contributed by atoms with Gasteiger partial charge in [-0.3, -0.25) is 9.59 Å². The van der Waals surface area contributed by atoms with Crippen LogP contribution in [0.5, 0.6) is 11.5 Å². The number of nitrogens with zero attached hydrogens (tertiary/aromatic N) is 1. The lowest BCUT2D eigenvalue weighted by Crippen LogP contribution is -2.56. The average molecular weight is 655 g/mol. The molecule has 7 atom stereocenters. The zero-order valence-corrected chi connectivity index (χ0v) is 27.5. The van der Waals surface area contributed by atoms with E-state index in [4.69, 9.17) is 14.2 Å². The quantitative estimate of drug-likeness (QED) is 0.273. The Morgan fingerprint density at radius 1 is 1.17 bits per heavy atom. The lowest BCUT2D eigenvalue weighted by atomic mass is 9.75. The molecule has 47 heavy (non-hydrogen) atoms. The van der Waals surface area contributed by atoms with Gasteiger partial charge in [0, 0.05) is 29.8 Å². The fourth-order valence-electron chi connectivity index (χ4n) is 7.36. The summed E-state index contributed by atoms with van der Waals surface area (Å²) < 4.78 is 33.2. The van der Waals surface area contributed by atoms with Crippen LogP contribution in [0.3, 0.4) is 0 Å². The molecule has 11 heteroatoms. The van der Waals surface area contributed by atoms with Gasteiger partial charge >= 0.3 is 0 Å². The molecule has 2 aromatic carbocycles. The van der Waals surface area contributed by atoms with Crippen LogP contribution in [-0.2, 0) is 27.5 Å². The number of hydrogen-bond acceptors (Lipinski definition) is 8. The smallest absolute Gasteiger partial charge is 0.249 e. The summed E-state index contributed by atoms with van der Waals surface area (Å²) in [6, 6.07) is 8.35. The fraction of sp³-hybridized carbons (Fsp3) is 0.556. The van der Waals surface area contributed by atoms with Crippen molar-refractivity contribution >= 4 is 11.8 Å². The summed E-state index contributed by atoms with van der Waals surface area (Å²) in [6.45, 7) is 5.44. The lowest BCUT2D eigenvalue weighted by Gasteiger charge is -2.41. The third kappa shape index (κ3) is 7.33. The standard InChI is InChI=1S/C36H47FN2O8/c1-20(2)24-10-9-21(3)13-29(24)46-19-31(42)39(17-23-7-5-6-8-27(23)37)28-16-26(36(44)38-11-12-40)32-25-14-22(18-41)15-30(45-4)34(25)47-35(32)33(28)43/h5-8,14-16,20-21,24,28-29,32-33,35,40-41,43H,9-13,17-19H2,1-4H3,(H,38,44)/t21-,24+,28+,29-,32-,33-,35-/m0/s1. The zero-order chi connectivity index (χ0) is 33.8. The molecule has 0 bridgehead atoms. The molecule has 3 aliphatic rings. The van der Waals surface area contributed by atoms with Crippen molar-refractivity contribution in [3.05, 3.63) is 70.6 Å². The highest BCUT2D eigenvalue weighted by molar-refractivity contribution is 5.96. The molecular formula is C36H47FN2O8. The number of benzene rings is 2. The van der Waals surface area contributed by atoms with Gasteiger partial charge in [-0.05, 0) is 60.4 Å². The minimum Gasteiger partial charge on any atom is -0.493 e. The highest BCUT2D eigenvalue weighted by Crippen LogP contribution is 2.51. The summed E-state index contributed by atoms with van der Waals surface area (Å²) in [5.74, 6) is -0.467. The normalized spacial score (nSPS) is 26.6. The number of aliphatic hydroxyl groups excluding tert-OH is 3. The highest BCUT2D eigenvalue weighted by Gasteiger charge is 2.51. The van der Waals surface area contributed by atoms with Crippen molar-refractivity contribution in [2.24, 2.45) is 17.8 Å². The van der Waals surface area contributed by atoms with Crippen molar-refractivity contribution in [1.82, 2.24) is 10.2 Å². The Balaban J connectivity index is 1.53. The van der Waals surface area contributed by atoms with Crippen LogP contribution < -0.4 is 14.8 Å². The molecule has 4 N–H and O–H groups in total. The van der Waals surface area contributed by atoms with Crippen molar-refractivity contribution in [2.75, 3.05) is 26.9 Å². The molecule has 0 saturated heterocycles. The van der Waals surface area contributed by atoms with Crippen molar-refractivity contribution in [2.45, 2.75) is 83.5 Å². The summed E-state index contributed by atoms with van der Waals surface area (Å²) in [7, 11) is 1.46. The Bertz CT molecular complexity index is 1460. The van der Waals surface area contributed by atoms with E-state index in [9.17, 15) is 24.9 Å². The molecule has 2 amide bonds. The minimum absolute atomic E-state index is 0.0168. The van der Waals surface area contributed by atoms with E-state index in [-0.39, 0.29) is 50.2 Å². The first-order chi connectivity index (χ1) is 22.6. The molecule has 2 aliphatic carbocycles. The number of rotatable bonds is 12. The van der Waals surface area contributed by atoms with E-state index in [1.165, 1.54) is 24.2 Å². The van der Waals surface area contributed by atoms with Crippen LogP contribution >= 0.6 is 0 Å². The molecule has 1 saturated carbocycles. The highest BCUT2D eigenvalue weighted by atomic mass is 19.1. The van der Waals surface area contributed by atoms with Gasteiger partial charge in [-0.1, -0.05) is 45.4 Å². The Kier molecular flexibility index (Phi) is 11.2. The first-order valence-corrected chi connectivity index (χ1v) is 16.5. The van der Waals surface area contributed by atoms with Gasteiger partial charge in [-0.15, -0.1) is 0 Å². The average Bonchev–Trinajstić information content (AvgIpc) is 3.45. The molecule has 1 aliphatic heterocycles. The first kappa shape index (κ1) is 34.8. The number of nitrogens with one attached hydrogen (secondary N) is 1. The molecule has 10 nitrogen and oxygen atoms in total. The van der Waals surface area contributed by atoms with Gasteiger partial charge < -0.3 is 39.7 Å². The SMILES string of the molecule is COc1cc(CO)cc2c1O[C@@H]1[C@@H](O)[C@H](N(Cc3ccccc3F)C(=O)CO[C@H]3C[C@@H](C)CC[C@@H]3C(C)C)C=C(C(=O)NCCO)[C@H]21. The van der Waals surface area contributed by atoms with Gasteiger partial charge in [-0.25, -0.2) is 4.39 Å². The van der Waals surface area contributed by atoms with Crippen molar-refractivity contribution in [3.8, 4) is 11.5 Å². The maximum Gasteiger partial charge on any atom is 0.249 e. The van der Waals surface area contributed by atoms with Crippen LogP contribution in [0.1, 0.15) is 62.6 Å². The van der Waals surface area contributed by atoms with E-state index >= 15 is 4.39 Å². The first-order valence-electron chi connectivity index (χ1n) is 16.5. The molecule has 0 spiro atoms. The van der Waals surface area contributed by atoms with E-state index < -0.39 is 41.8 Å². The van der Waals surface area contributed by atoms with E-state index in [1.807, 2.05) is 0 Å². The Labute approximate surface area is 275 Å². The van der Waals surface area contributed by atoms with Gasteiger partial charge in [0.1, 0.15) is 24.6 Å². The van der Waals surface area contributed by atoms with Gasteiger partial charge in [0.05, 0.1) is 38.4 Å². The van der Waals surface area contributed by atoms with Crippen LogP contribution in [0.2, 0.25) is 0 Å². The lowest BCUT2D eigenvalue weighted by molar-refractivity contribution is -0.148. The number of amides is 2. The summed E-state index contributed by atoms with van der Waals surface area (Å²) in [5.41, 5.74) is 1.53. The maximum atomic E-state index is 15.0. The number of carbonyl (C=O) groups is 2. The van der Waals surface area contributed by atoms with Crippen LogP contribution in [0, 0.1) is 23.6 Å². The number of fused-ring (bicyclic) bond motifs is 3. The summed E-state index contributed by atoms with van der Waals surface area (Å²) in [4.78, 5) is 29.2. The molecule has 0 unspecified atom stereocenters. The predicted octanol–water partition coefficient (Wildman–Crippen LogP) is 3.46. The topological polar surface area (TPSA) is 138 Å². The molecule has 256 valence electrons. The predicted molar refractivity (Wildman–Crippen MR) is 172 cm³/mol. The molecule has 2 aromatic rings. The van der Waals surface area contributed by atoms with Gasteiger partial charge in [0.2, 0.25) is 11.8 Å². The number of aliphatic hydroxyl groups is 3. The second-order valence-corrected chi connectivity index (χ2v) is 13.3. The second kappa shape index (κ2) is 15.1. The number of carbonyl (C=O) groups excluding carboxylic acids is 2. The van der Waals surface area contributed by atoms with Crippen LogP contribution in [0.15, 0.2) is 48.0 Å². The number of ether oxygens (including phenoxy) is 3. The number of halogens is 1. The Morgan fingerprint density at radius 3 is 2.62 bits per heavy atom. The van der Waals surface area contributed by atoms with E-state index in [0.717, 1.165) is 19.3 Å².